The molecule has 3 amide bonds. The maximum absolute atomic E-state index is 12.7. The zero-order chi connectivity index (χ0) is 19.4. The number of ether oxygens (including phenoxy) is 2. The predicted octanol–water partition coefficient (Wildman–Crippen LogP) is 0.254. The molecular formula is C18H22N4O5. The summed E-state index contributed by atoms with van der Waals surface area (Å²) >= 11 is 0. The highest BCUT2D eigenvalue weighted by Crippen LogP contribution is 2.28. The topological polar surface area (TPSA) is 101 Å². The van der Waals surface area contributed by atoms with Crippen LogP contribution >= 0.6 is 0 Å². The molecule has 1 aromatic rings. The van der Waals surface area contributed by atoms with Crippen LogP contribution in [0.2, 0.25) is 0 Å². The quantitative estimate of drug-likeness (QED) is 0.815. The van der Waals surface area contributed by atoms with Gasteiger partial charge in [0, 0.05) is 44.6 Å². The van der Waals surface area contributed by atoms with Crippen LogP contribution in [0.5, 0.6) is 11.5 Å². The third kappa shape index (κ3) is 4.02. The molecule has 0 bridgehead atoms. The fourth-order valence-electron chi connectivity index (χ4n) is 3.08. The molecule has 1 fully saturated rings. The van der Waals surface area contributed by atoms with Crippen molar-refractivity contribution in [3.8, 4) is 11.5 Å². The summed E-state index contributed by atoms with van der Waals surface area (Å²) in [6, 6.07) is 5.04. The van der Waals surface area contributed by atoms with Crippen molar-refractivity contribution in [2.45, 2.75) is 12.8 Å². The first-order valence-corrected chi connectivity index (χ1v) is 8.69. The van der Waals surface area contributed by atoms with E-state index in [1.807, 2.05) is 0 Å². The minimum absolute atomic E-state index is 0.120. The average Bonchev–Trinajstić information content (AvgIpc) is 2.72. The molecule has 2 aliphatic heterocycles. The number of nitrogens with one attached hydrogen (secondary N) is 1. The molecule has 1 saturated heterocycles. The summed E-state index contributed by atoms with van der Waals surface area (Å²) in [5.41, 5.74) is 3.20. The number of methoxy groups -OCH3 is 2. The number of benzene rings is 1. The van der Waals surface area contributed by atoms with Crippen LogP contribution in [0.3, 0.4) is 0 Å². The lowest BCUT2D eigenvalue weighted by atomic mass is 10.1. The molecule has 0 radical (unpaired) electrons. The van der Waals surface area contributed by atoms with Crippen LogP contribution < -0.4 is 14.9 Å². The van der Waals surface area contributed by atoms with E-state index in [1.165, 1.54) is 14.2 Å². The number of hydrazone groups is 1. The molecule has 1 N–H and O–H groups in total. The van der Waals surface area contributed by atoms with Crippen LogP contribution in [-0.4, -0.2) is 73.6 Å². The summed E-state index contributed by atoms with van der Waals surface area (Å²) in [6.45, 7) is 1.70. The Kier molecular flexibility index (Phi) is 5.58. The first-order valence-electron chi connectivity index (χ1n) is 8.69. The fourth-order valence-corrected chi connectivity index (χ4v) is 3.08. The molecule has 0 spiro atoms. The minimum Gasteiger partial charge on any atom is -0.493 e. The summed E-state index contributed by atoms with van der Waals surface area (Å²) in [4.78, 5) is 39.7. The number of carbonyl (C=O) groups is 3. The van der Waals surface area contributed by atoms with Gasteiger partial charge in [-0.15, -0.1) is 0 Å². The van der Waals surface area contributed by atoms with Crippen molar-refractivity contribution in [3.05, 3.63) is 23.8 Å². The molecule has 0 atom stereocenters. The van der Waals surface area contributed by atoms with Crippen LogP contribution in [0.1, 0.15) is 23.2 Å². The molecular weight excluding hydrogens is 352 g/mol. The summed E-state index contributed by atoms with van der Waals surface area (Å²) < 4.78 is 10.4. The minimum atomic E-state index is -0.187. The second kappa shape index (κ2) is 8.07. The Hall–Kier alpha value is -3.10. The molecule has 0 saturated carbocycles. The number of piperazine rings is 1. The Morgan fingerprint density at radius 2 is 1.59 bits per heavy atom. The molecule has 0 aromatic heterocycles. The van der Waals surface area contributed by atoms with Crippen LogP contribution in [0.4, 0.5) is 0 Å². The van der Waals surface area contributed by atoms with E-state index in [2.05, 4.69) is 10.5 Å². The zero-order valence-electron chi connectivity index (χ0n) is 15.4. The molecule has 27 heavy (non-hydrogen) atoms. The van der Waals surface area contributed by atoms with Crippen molar-refractivity contribution >= 4 is 23.4 Å². The number of hydrogen-bond donors (Lipinski definition) is 1. The number of amides is 3. The lowest BCUT2D eigenvalue weighted by Gasteiger charge is -2.35. The standard InChI is InChI=1S/C18H22N4O5/c1-26-14-5-3-12(11-15(14)27-2)17(24)21-7-9-22(10-8-21)18(25)13-4-6-16(23)20-19-13/h3,5,11H,4,6-10H2,1-2H3,(H,20,23). The van der Waals surface area contributed by atoms with Gasteiger partial charge < -0.3 is 19.3 Å². The SMILES string of the molecule is COc1ccc(C(=O)N2CCN(C(=O)C3=NNC(=O)CC3)CC2)cc1OC. The molecule has 9 nitrogen and oxygen atoms in total. The van der Waals surface area contributed by atoms with Crippen LogP contribution in [-0.2, 0) is 9.59 Å². The molecule has 144 valence electrons. The molecule has 2 aliphatic rings. The van der Waals surface area contributed by atoms with Gasteiger partial charge in [-0.3, -0.25) is 14.4 Å². The van der Waals surface area contributed by atoms with E-state index >= 15 is 0 Å². The van der Waals surface area contributed by atoms with Gasteiger partial charge in [0.15, 0.2) is 11.5 Å². The van der Waals surface area contributed by atoms with Crippen LogP contribution in [0.25, 0.3) is 0 Å². The van der Waals surface area contributed by atoms with Gasteiger partial charge in [-0.05, 0) is 18.2 Å². The van der Waals surface area contributed by atoms with Crippen molar-refractivity contribution in [3.63, 3.8) is 0 Å². The van der Waals surface area contributed by atoms with E-state index in [4.69, 9.17) is 9.47 Å². The lowest BCUT2D eigenvalue weighted by Crippen LogP contribution is -2.52. The first kappa shape index (κ1) is 18.7. The Balaban J connectivity index is 1.61. The summed E-state index contributed by atoms with van der Waals surface area (Å²) in [7, 11) is 3.06. The van der Waals surface area contributed by atoms with Crippen molar-refractivity contribution in [1.82, 2.24) is 15.2 Å². The normalized spacial score (nSPS) is 17.1. The van der Waals surface area contributed by atoms with Gasteiger partial charge >= 0.3 is 0 Å². The summed E-state index contributed by atoms with van der Waals surface area (Å²) in [6.07, 6.45) is 0.609. The smallest absolute Gasteiger partial charge is 0.270 e. The van der Waals surface area contributed by atoms with E-state index in [0.29, 0.717) is 55.4 Å². The Morgan fingerprint density at radius 3 is 2.15 bits per heavy atom. The Bertz CT molecular complexity index is 784. The molecule has 3 rings (SSSR count). The Labute approximate surface area is 156 Å². The molecule has 1 aromatic carbocycles. The van der Waals surface area contributed by atoms with E-state index in [1.54, 1.807) is 28.0 Å². The van der Waals surface area contributed by atoms with Crippen LogP contribution in [0.15, 0.2) is 23.3 Å². The van der Waals surface area contributed by atoms with Gasteiger partial charge in [-0.2, -0.15) is 5.10 Å². The highest BCUT2D eigenvalue weighted by Gasteiger charge is 2.29. The number of nitrogens with zero attached hydrogens (tertiary/aromatic N) is 3. The molecule has 2 heterocycles. The molecule has 0 aliphatic carbocycles. The first-order chi connectivity index (χ1) is 13.0. The van der Waals surface area contributed by atoms with E-state index in [-0.39, 0.29) is 24.1 Å². The number of carbonyl (C=O) groups excluding carboxylic acids is 3. The van der Waals surface area contributed by atoms with Gasteiger partial charge in [-0.25, -0.2) is 5.43 Å². The highest BCUT2D eigenvalue weighted by molar-refractivity contribution is 6.39. The maximum atomic E-state index is 12.7. The van der Waals surface area contributed by atoms with E-state index < -0.39 is 0 Å². The predicted molar refractivity (Wildman–Crippen MR) is 96.8 cm³/mol. The third-order valence-corrected chi connectivity index (χ3v) is 4.64. The van der Waals surface area contributed by atoms with Crippen LogP contribution in [0, 0.1) is 0 Å². The van der Waals surface area contributed by atoms with Crippen molar-refractivity contribution < 1.29 is 23.9 Å². The highest BCUT2D eigenvalue weighted by atomic mass is 16.5. The van der Waals surface area contributed by atoms with E-state index in [9.17, 15) is 14.4 Å². The molecule has 9 heteroatoms. The number of rotatable bonds is 4. The fraction of sp³-hybridized carbons (Fsp3) is 0.444. The largest absolute Gasteiger partial charge is 0.493 e. The average molecular weight is 374 g/mol. The maximum Gasteiger partial charge on any atom is 0.270 e. The summed E-state index contributed by atoms with van der Waals surface area (Å²) in [5, 5.41) is 3.84. The van der Waals surface area contributed by atoms with Crippen molar-refractivity contribution in [2.75, 3.05) is 40.4 Å². The molecule has 0 unspecified atom stereocenters. The van der Waals surface area contributed by atoms with Gasteiger partial charge in [0.05, 0.1) is 14.2 Å². The monoisotopic (exact) mass is 374 g/mol. The van der Waals surface area contributed by atoms with Gasteiger partial charge in [0.2, 0.25) is 5.91 Å². The van der Waals surface area contributed by atoms with Gasteiger partial charge in [0.1, 0.15) is 5.71 Å². The summed E-state index contributed by atoms with van der Waals surface area (Å²) in [5.74, 6) is 0.565. The second-order valence-electron chi connectivity index (χ2n) is 6.25. The van der Waals surface area contributed by atoms with Crippen molar-refractivity contribution in [1.29, 1.82) is 0 Å². The van der Waals surface area contributed by atoms with Gasteiger partial charge in [-0.1, -0.05) is 0 Å². The van der Waals surface area contributed by atoms with Crippen molar-refractivity contribution in [2.24, 2.45) is 5.10 Å². The van der Waals surface area contributed by atoms with Gasteiger partial charge in [0.25, 0.3) is 11.8 Å². The second-order valence-corrected chi connectivity index (χ2v) is 6.25. The third-order valence-electron chi connectivity index (χ3n) is 4.64. The zero-order valence-corrected chi connectivity index (χ0v) is 15.4. The van der Waals surface area contributed by atoms with E-state index in [0.717, 1.165) is 0 Å². The number of hydrogen-bond acceptors (Lipinski definition) is 6. The lowest BCUT2D eigenvalue weighted by molar-refractivity contribution is -0.126. The Morgan fingerprint density at radius 1 is 0.963 bits per heavy atom.